The lowest BCUT2D eigenvalue weighted by molar-refractivity contribution is 0.255. The zero-order chi connectivity index (χ0) is 13.7. The van der Waals surface area contributed by atoms with E-state index in [1.165, 1.54) is 0 Å². The van der Waals surface area contributed by atoms with Gasteiger partial charge in [0.1, 0.15) is 0 Å². The molecule has 2 N–H and O–H groups in total. The molecular weight excluding hydrogens is 264 g/mol. The van der Waals surface area contributed by atoms with Gasteiger partial charge >= 0.3 is 6.03 Å². The van der Waals surface area contributed by atoms with E-state index in [9.17, 15) is 4.79 Å². The monoisotopic (exact) mass is 284 g/mol. The van der Waals surface area contributed by atoms with E-state index in [4.69, 9.17) is 0 Å². The van der Waals surface area contributed by atoms with Gasteiger partial charge in [-0.1, -0.05) is 18.2 Å². The summed E-state index contributed by atoms with van der Waals surface area (Å²) in [6.07, 6.45) is 0. The summed E-state index contributed by atoms with van der Waals surface area (Å²) in [7, 11) is 5.28. The van der Waals surface area contributed by atoms with Crippen molar-refractivity contribution in [3.63, 3.8) is 0 Å². The molecule has 1 rings (SSSR count). The lowest BCUT2D eigenvalue weighted by Gasteiger charge is -2.17. The van der Waals surface area contributed by atoms with Crippen LogP contribution in [0.1, 0.15) is 11.1 Å². The van der Waals surface area contributed by atoms with Crippen molar-refractivity contribution in [2.75, 3.05) is 26.5 Å². The third-order valence-electron chi connectivity index (χ3n) is 2.58. The van der Waals surface area contributed by atoms with Gasteiger partial charge in [0.25, 0.3) is 0 Å². The Balaban J connectivity index is 0.00000324. The second kappa shape index (κ2) is 7.63. The number of benzene rings is 1. The fourth-order valence-corrected chi connectivity index (χ4v) is 1.63. The van der Waals surface area contributed by atoms with Crippen molar-refractivity contribution in [2.24, 2.45) is 4.99 Å². The van der Waals surface area contributed by atoms with Crippen LogP contribution in [0.25, 0.3) is 0 Å². The minimum Gasteiger partial charge on any atom is -0.349 e. The normalized spacial score (nSPS) is 10.5. The summed E-state index contributed by atoms with van der Waals surface area (Å²) in [5, 5.41) is 5.54. The van der Waals surface area contributed by atoms with Crippen LogP contribution in [0, 0.1) is 13.8 Å². The number of para-hydroxylation sites is 1. The van der Waals surface area contributed by atoms with Gasteiger partial charge in [0, 0.05) is 26.8 Å². The van der Waals surface area contributed by atoms with Gasteiger partial charge in [0.05, 0.1) is 0 Å². The fourth-order valence-electron chi connectivity index (χ4n) is 1.63. The Bertz CT molecular complexity index is 451. The van der Waals surface area contributed by atoms with Crippen molar-refractivity contribution in [3.05, 3.63) is 29.3 Å². The molecule has 0 spiro atoms. The number of nitrogens with zero attached hydrogens (tertiary/aromatic N) is 2. The van der Waals surface area contributed by atoms with Crippen molar-refractivity contribution in [1.29, 1.82) is 0 Å². The number of carbonyl (C=O) groups excluding carboxylic acids is 1. The SMILES string of the molecule is CN=C(NC(=O)Nc1c(C)cccc1C)N(C)C.Cl. The standard InChI is InChI=1S/C13H20N4O.ClH/c1-9-7-6-8-10(2)11(9)15-13(18)16-12(14-3)17(4)5;/h6-8H,1-5H3,(H2,14,15,16,18);1H. The van der Waals surface area contributed by atoms with E-state index >= 15 is 0 Å². The molecule has 0 aliphatic carbocycles. The molecule has 0 unspecified atom stereocenters. The first-order chi connectivity index (χ1) is 8.45. The minimum atomic E-state index is -0.290. The fraction of sp³-hybridized carbons (Fsp3) is 0.385. The molecular formula is C13H21ClN4O. The number of anilines is 1. The van der Waals surface area contributed by atoms with Crippen LogP contribution in [0.5, 0.6) is 0 Å². The topological polar surface area (TPSA) is 56.7 Å². The van der Waals surface area contributed by atoms with Gasteiger partial charge in [-0.2, -0.15) is 0 Å². The Morgan fingerprint density at radius 2 is 1.74 bits per heavy atom. The molecule has 19 heavy (non-hydrogen) atoms. The number of urea groups is 1. The number of hydrogen-bond acceptors (Lipinski definition) is 2. The summed E-state index contributed by atoms with van der Waals surface area (Å²) in [5.74, 6) is 0.513. The zero-order valence-corrected chi connectivity index (χ0v) is 12.8. The number of hydrogen-bond donors (Lipinski definition) is 2. The summed E-state index contributed by atoms with van der Waals surface area (Å²) in [6, 6.07) is 5.60. The number of halogens is 1. The van der Waals surface area contributed by atoms with Crippen molar-refractivity contribution in [3.8, 4) is 0 Å². The number of aliphatic imine (C=N–C) groups is 1. The Kier molecular flexibility index (Phi) is 6.93. The molecule has 0 saturated carbocycles. The summed E-state index contributed by atoms with van der Waals surface area (Å²) in [6.45, 7) is 3.92. The molecule has 0 saturated heterocycles. The Morgan fingerprint density at radius 3 is 2.16 bits per heavy atom. The molecule has 0 bridgehead atoms. The first-order valence-corrected chi connectivity index (χ1v) is 5.74. The quantitative estimate of drug-likeness (QED) is 0.614. The van der Waals surface area contributed by atoms with Crippen LogP contribution in [0.15, 0.2) is 23.2 Å². The summed E-state index contributed by atoms with van der Waals surface area (Å²) >= 11 is 0. The van der Waals surface area contributed by atoms with Gasteiger partial charge in [0.15, 0.2) is 0 Å². The summed E-state index contributed by atoms with van der Waals surface area (Å²) < 4.78 is 0. The highest BCUT2D eigenvalue weighted by molar-refractivity contribution is 6.02. The smallest absolute Gasteiger partial charge is 0.326 e. The van der Waals surface area contributed by atoms with Gasteiger partial charge in [0.2, 0.25) is 5.96 Å². The Hall–Kier alpha value is -1.75. The Morgan fingerprint density at radius 1 is 1.21 bits per heavy atom. The van der Waals surface area contributed by atoms with Crippen molar-refractivity contribution in [2.45, 2.75) is 13.8 Å². The molecule has 1 aromatic rings. The second-order valence-electron chi connectivity index (χ2n) is 4.29. The molecule has 0 atom stereocenters. The van der Waals surface area contributed by atoms with Gasteiger partial charge < -0.3 is 10.2 Å². The van der Waals surface area contributed by atoms with Crippen LogP contribution < -0.4 is 10.6 Å². The molecule has 6 heteroatoms. The van der Waals surface area contributed by atoms with Crippen molar-refractivity contribution >= 4 is 30.1 Å². The maximum Gasteiger partial charge on any atom is 0.326 e. The lowest BCUT2D eigenvalue weighted by Crippen LogP contribution is -2.42. The molecule has 0 aliphatic rings. The summed E-state index contributed by atoms with van der Waals surface area (Å²) in [4.78, 5) is 17.6. The maximum atomic E-state index is 11.9. The predicted octanol–water partition coefficient (Wildman–Crippen LogP) is 2.39. The first-order valence-electron chi connectivity index (χ1n) is 5.74. The molecule has 0 heterocycles. The number of guanidine groups is 1. The van der Waals surface area contributed by atoms with Gasteiger partial charge in [-0.25, -0.2) is 4.79 Å². The van der Waals surface area contributed by atoms with Crippen molar-refractivity contribution < 1.29 is 4.79 Å². The molecule has 1 aromatic carbocycles. The van der Waals surface area contributed by atoms with E-state index in [1.807, 2.05) is 46.1 Å². The molecule has 0 fully saturated rings. The van der Waals surface area contributed by atoms with Crippen LogP contribution in [0.4, 0.5) is 10.5 Å². The van der Waals surface area contributed by atoms with Gasteiger partial charge in [-0.05, 0) is 25.0 Å². The van der Waals surface area contributed by atoms with Crippen molar-refractivity contribution in [1.82, 2.24) is 10.2 Å². The maximum absolute atomic E-state index is 11.9. The molecule has 0 aliphatic heterocycles. The number of aryl methyl sites for hydroxylation is 2. The number of amides is 2. The van der Waals surface area contributed by atoms with E-state index < -0.39 is 0 Å². The van der Waals surface area contributed by atoms with Crippen LogP contribution in [-0.2, 0) is 0 Å². The number of nitrogens with one attached hydrogen (secondary N) is 2. The molecule has 0 radical (unpaired) electrons. The highest BCUT2D eigenvalue weighted by Crippen LogP contribution is 2.18. The van der Waals surface area contributed by atoms with E-state index in [0.29, 0.717) is 5.96 Å². The largest absolute Gasteiger partial charge is 0.349 e. The molecule has 106 valence electrons. The van der Waals surface area contributed by atoms with E-state index in [1.54, 1.807) is 11.9 Å². The van der Waals surface area contributed by atoms with Gasteiger partial charge in [-0.3, -0.25) is 10.3 Å². The van der Waals surface area contributed by atoms with E-state index in [2.05, 4.69) is 15.6 Å². The molecule has 2 amide bonds. The first kappa shape index (κ1) is 17.2. The zero-order valence-electron chi connectivity index (χ0n) is 11.9. The van der Waals surface area contributed by atoms with Crippen LogP contribution in [0.3, 0.4) is 0 Å². The van der Waals surface area contributed by atoms with Gasteiger partial charge in [-0.15, -0.1) is 12.4 Å². The lowest BCUT2D eigenvalue weighted by atomic mass is 10.1. The number of carbonyl (C=O) groups is 1. The van der Waals surface area contributed by atoms with Crippen LogP contribution in [0.2, 0.25) is 0 Å². The second-order valence-corrected chi connectivity index (χ2v) is 4.29. The molecule has 5 nitrogen and oxygen atoms in total. The predicted molar refractivity (Wildman–Crippen MR) is 82.4 cm³/mol. The third-order valence-corrected chi connectivity index (χ3v) is 2.58. The third kappa shape index (κ3) is 4.79. The highest BCUT2D eigenvalue weighted by Gasteiger charge is 2.09. The average Bonchev–Trinajstić information content (AvgIpc) is 2.30. The van der Waals surface area contributed by atoms with Crippen LogP contribution >= 0.6 is 12.4 Å². The summed E-state index contributed by atoms with van der Waals surface area (Å²) in [5.41, 5.74) is 2.90. The minimum absolute atomic E-state index is 0. The van der Waals surface area contributed by atoms with E-state index in [-0.39, 0.29) is 18.4 Å². The average molecular weight is 285 g/mol. The highest BCUT2D eigenvalue weighted by atomic mass is 35.5. The Labute approximate surface area is 120 Å². The number of rotatable bonds is 1. The van der Waals surface area contributed by atoms with E-state index in [0.717, 1.165) is 16.8 Å². The van der Waals surface area contributed by atoms with Crippen LogP contribution in [-0.4, -0.2) is 38.0 Å². The molecule has 0 aromatic heterocycles.